The highest BCUT2D eigenvalue weighted by molar-refractivity contribution is 9.10. The summed E-state index contributed by atoms with van der Waals surface area (Å²) >= 11 is 3.54. The molecule has 2 aromatic rings. The summed E-state index contributed by atoms with van der Waals surface area (Å²) in [7, 11) is 0. The zero-order valence-corrected chi connectivity index (χ0v) is 11.7. The molecule has 0 bridgehead atoms. The van der Waals surface area contributed by atoms with Crippen LogP contribution >= 0.6 is 15.9 Å². The summed E-state index contributed by atoms with van der Waals surface area (Å²) in [4.78, 5) is 4.64. The third-order valence-electron chi connectivity index (χ3n) is 3.49. The molecule has 1 aromatic carbocycles. The number of imidazole rings is 1. The second kappa shape index (κ2) is 4.86. The molecular formula is C14H16BrN3. The van der Waals surface area contributed by atoms with Gasteiger partial charge in [0.15, 0.2) is 0 Å². The fourth-order valence-corrected chi connectivity index (χ4v) is 3.32. The monoisotopic (exact) mass is 305 g/mol. The van der Waals surface area contributed by atoms with Crippen molar-refractivity contribution < 1.29 is 0 Å². The molecule has 18 heavy (non-hydrogen) atoms. The molecule has 0 radical (unpaired) electrons. The second-order valence-corrected chi connectivity index (χ2v) is 5.52. The molecule has 1 aliphatic heterocycles. The van der Waals surface area contributed by atoms with E-state index in [1.165, 1.54) is 5.56 Å². The quantitative estimate of drug-likeness (QED) is 0.927. The smallest absolute Gasteiger partial charge is 0.129 e. The van der Waals surface area contributed by atoms with E-state index < -0.39 is 0 Å². The van der Waals surface area contributed by atoms with Crippen molar-refractivity contribution in [1.29, 1.82) is 0 Å². The highest BCUT2D eigenvalue weighted by Crippen LogP contribution is 2.31. The summed E-state index contributed by atoms with van der Waals surface area (Å²) in [5.74, 6) is 1.11. The molecule has 0 saturated carbocycles. The Bertz CT molecular complexity index is 548. The van der Waals surface area contributed by atoms with E-state index >= 15 is 0 Å². The summed E-state index contributed by atoms with van der Waals surface area (Å²) in [6.45, 7) is 1.03. The molecular weight excluding hydrogens is 290 g/mol. The Kier molecular flexibility index (Phi) is 3.22. The lowest BCUT2D eigenvalue weighted by Crippen LogP contribution is -2.22. The van der Waals surface area contributed by atoms with Crippen LogP contribution in [0.5, 0.6) is 0 Å². The molecule has 1 atom stereocenters. The van der Waals surface area contributed by atoms with Crippen LogP contribution in [0.2, 0.25) is 0 Å². The molecule has 0 aliphatic carbocycles. The largest absolute Gasteiger partial charge is 0.329 e. The van der Waals surface area contributed by atoms with E-state index in [0.717, 1.165) is 41.9 Å². The van der Waals surface area contributed by atoms with Crippen LogP contribution in [-0.2, 0) is 13.0 Å². The van der Waals surface area contributed by atoms with E-state index in [-0.39, 0.29) is 6.04 Å². The van der Waals surface area contributed by atoms with Crippen LogP contribution in [0.1, 0.15) is 36.0 Å². The molecule has 2 heterocycles. The number of benzene rings is 1. The van der Waals surface area contributed by atoms with Crippen molar-refractivity contribution in [3.63, 3.8) is 0 Å². The number of nitrogens with zero attached hydrogens (tertiary/aromatic N) is 2. The number of fused-ring (bicyclic) bond motifs is 1. The van der Waals surface area contributed by atoms with Gasteiger partial charge in [-0.15, -0.1) is 0 Å². The Labute approximate surface area is 115 Å². The van der Waals surface area contributed by atoms with Gasteiger partial charge in [0.2, 0.25) is 0 Å². The lowest BCUT2D eigenvalue weighted by molar-refractivity contribution is 0.452. The highest BCUT2D eigenvalue weighted by Gasteiger charge is 2.24. The SMILES string of the molecule is NC1CCCn2c(Cc3ccccc3)nc(Br)c21. The first-order chi connectivity index (χ1) is 8.75. The van der Waals surface area contributed by atoms with E-state index in [0.29, 0.717) is 0 Å². The number of hydrogen-bond donors (Lipinski definition) is 1. The third-order valence-corrected chi connectivity index (χ3v) is 4.08. The summed E-state index contributed by atoms with van der Waals surface area (Å²) < 4.78 is 3.20. The van der Waals surface area contributed by atoms with E-state index in [4.69, 9.17) is 5.73 Å². The first kappa shape index (κ1) is 11.9. The number of rotatable bonds is 2. The van der Waals surface area contributed by atoms with Crippen LogP contribution in [0, 0.1) is 0 Å². The minimum absolute atomic E-state index is 0.116. The van der Waals surface area contributed by atoms with Gasteiger partial charge in [0, 0.05) is 19.0 Å². The maximum absolute atomic E-state index is 6.16. The van der Waals surface area contributed by atoms with Gasteiger partial charge in [-0.25, -0.2) is 4.98 Å². The van der Waals surface area contributed by atoms with Crippen LogP contribution in [0.15, 0.2) is 34.9 Å². The average molecular weight is 306 g/mol. The predicted octanol–water partition coefficient (Wildman–Crippen LogP) is 3.03. The Morgan fingerprint density at radius 1 is 1.33 bits per heavy atom. The summed E-state index contributed by atoms with van der Waals surface area (Å²) in [5.41, 5.74) is 8.61. The van der Waals surface area contributed by atoms with Gasteiger partial charge in [-0.2, -0.15) is 0 Å². The van der Waals surface area contributed by atoms with Crippen molar-refractivity contribution in [3.8, 4) is 0 Å². The van der Waals surface area contributed by atoms with Crippen molar-refractivity contribution in [2.45, 2.75) is 31.8 Å². The first-order valence-electron chi connectivity index (χ1n) is 6.30. The lowest BCUT2D eigenvalue weighted by atomic mass is 10.1. The lowest BCUT2D eigenvalue weighted by Gasteiger charge is -2.22. The Morgan fingerprint density at radius 2 is 2.11 bits per heavy atom. The molecule has 1 aliphatic rings. The van der Waals surface area contributed by atoms with Gasteiger partial charge in [0.1, 0.15) is 10.4 Å². The van der Waals surface area contributed by atoms with E-state index in [2.05, 4.69) is 49.7 Å². The minimum Gasteiger partial charge on any atom is -0.329 e. The van der Waals surface area contributed by atoms with Crippen molar-refractivity contribution in [2.24, 2.45) is 5.73 Å². The molecule has 2 N–H and O–H groups in total. The molecule has 94 valence electrons. The van der Waals surface area contributed by atoms with Crippen molar-refractivity contribution in [2.75, 3.05) is 0 Å². The normalized spacial score (nSPS) is 18.7. The first-order valence-corrected chi connectivity index (χ1v) is 7.09. The molecule has 0 amide bonds. The topological polar surface area (TPSA) is 43.8 Å². The van der Waals surface area contributed by atoms with Crippen molar-refractivity contribution in [1.82, 2.24) is 9.55 Å². The van der Waals surface area contributed by atoms with Gasteiger partial charge in [-0.05, 0) is 34.3 Å². The van der Waals surface area contributed by atoms with E-state index in [1.807, 2.05) is 6.07 Å². The van der Waals surface area contributed by atoms with Crippen LogP contribution in [0.4, 0.5) is 0 Å². The molecule has 1 aromatic heterocycles. The molecule has 0 fully saturated rings. The zero-order chi connectivity index (χ0) is 12.5. The summed E-state index contributed by atoms with van der Waals surface area (Å²) in [6.07, 6.45) is 3.06. The van der Waals surface area contributed by atoms with Crippen molar-refractivity contribution in [3.05, 3.63) is 52.0 Å². The summed E-state index contributed by atoms with van der Waals surface area (Å²) in [5, 5.41) is 0. The number of aromatic nitrogens is 2. The Morgan fingerprint density at radius 3 is 2.89 bits per heavy atom. The fraction of sp³-hybridized carbons (Fsp3) is 0.357. The molecule has 1 unspecified atom stereocenters. The van der Waals surface area contributed by atoms with E-state index in [9.17, 15) is 0 Å². The van der Waals surface area contributed by atoms with Crippen LogP contribution in [-0.4, -0.2) is 9.55 Å². The van der Waals surface area contributed by atoms with Crippen LogP contribution in [0.3, 0.4) is 0 Å². The van der Waals surface area contributed by atoms with Gasteiger partial charge in [0.05, 0.1) is 5.69 Å². The van der Waals surface area contributed by atoms with Gasteiger partial charge < -0.3 is 10.3 Å². The fourth-order valence-electron chi connectivity index (χ4n) is 2.60. The maximum atomic E-state index is 6.16. The maximum Gasteiger partial charge on any atom is 0.129 e. The Hall–Kier alpha value is -1.13. The third kappa shape index (κ3) is 2.10. The minimum atomic E-state index is 0.116. The Balaban J connectivity index is 1.96. The predicted molar refractivity (Wildman–Crippen MR) is 75.3 cm³/mol. The second-order valence-electron chi connectivity index (χ2n) is 4.77. The van der Waals surface area contributed by atoms with Gasteiger partial charge in [-0.1, -0.05) is 30.3 Å². The van der Waals surface area contributed by atoms with Crippen LogP contribution in [0.25, 0.3) is 0 Å². The van der Waals surface area contributed by atoms with Gasteiger partial charge in [-0.3, -0.25) is 0 Å². The average Bonchev–Trinajstić information content (AvgIpc) is 2.69. The standard InChI is InChI=1S/C14H16BrN3/c15-14-13-11(16)7-4-8-18(13)12(17-14)9-10-5-2-1-3-6-10/h1-3,5-6,11H,4,7-9,16H2. The number of halogens is 1. The number of hydrogen-bond acceptors (Lipinski definition) is 2. The van der Waals surface area contributed by atoms with Crippen molar-refractivity contribution >= 4 is 15.9 Å². The highest BCUT2D eigenvalue weighted by atomic mass is 79.9. The van der Waals surface area contributed by atoms with Gasteiger partial charge >= 0.3 is 0 Å². The molecule has 3 nitrogen and oxygen atoms in total. The molecule has 0 saturated heterocycles. The molecule has 4 heteroatoms. The van der Waals surface area contributed by atoms with E-state index in [1.54, 1.807) is 0 Å². The van der Waals surface area contributed by atoms with Gasteiger partial charge in [0.25, 0.3) is 0 Å². The summed E-state index contributed by atoms with van der Waals surface area (Å²) in [6, 6.07) is 10.6. The molecule has 3 rings (SSSR count). The zero-order valence-electron chi connectivity index (χ0n) is 10.1. The number of nitrogens with two attached hydrogens (primary N) is 1. The molecule has 0 spiro atoms. The van der Waals surface area contributed by atoms with Crippen LogP contribution < -0.4 is 5.73 Å².